The molecule has 1 N–H and O–H groups in total. The van der Waals surface area contributed by atoms with Crippen LogP contribution in [0.2, 0.25) is 0 Å². The van der Waals surface area contributed by atoms with Crippen LogP contribution in [0, 0.1) is 0 Å². The van der Waals surface area contributed by atoms with Crippen molar-refractivity contribution in [2.75, 3.05) is 25.0 Å². The van der Waals surface area contributed by atoms with E-state index in [9.17, 15) is 22.8 Å². The van der Waals surface area contributed by atoms with Gasteiger partial charge in [-0.3, -0.25) is 14.3 Å². The van der Waals surface area contributed by atoms with Crippen molar-refractivity contribution >= 4 is 17.5 Å². The van der Waals surface area contributed by atoms with Crippen LogP contribution in [0.25, 0.3) is 0 Å². The minimum atomic E-state index is -4.41. The van der Waals surface area contributed by atoms with Gasteiger partial charge in [0.15, 0.2) is 0 Å². The molecule has 162 valence electrons. The molecular formula is C20H23F3N4O3. The summed E-state index contributed by atoms with van der Waals surface area (Å²) in [5.74, 6) is -0.687. The fourth-order valence-electron chi connectivity index (χ4n) is 3.31. The lowest BCUT2D eigenvalue weighted by molar-refractivity contribution is -0.176. The summed E-state index contributed by atoms with van der Waals surface area (Å²) in [6.07, 6.45) is -0.0390. The molecular weight excluding hydrogens is 401 g/mol. The van der Waals surface area contributed by atoms with Crippen LogP contribution in [-0.2, 0) is 18.4 Å². The van der Waals surface area contributed by atoms with Gasteiger partial charge in [-0.1, -0.05) is 12.1 Å². The molecule has 2 aromatic rings. The first-order chi connectivity index (χ1) is 14.2. The van der Waals surface area contributed by atoms with E-state index in [2.05, 4.69) is 15.2 Å². The van der Waals surface area contributed by atoms with Crippen molar-refractivity contribution in [1.82, 2.24) is 14.7 Å². The minimum absolute atomic E-state index is 0.195. The van der Waals surface area contributed by atoms with Gasteiger partial charge in [0, 0.05) is 25.7 Å². The predicted molar refractivity (Wildman–Crippen MR) is 103 cm³/mol. The first-order valence-corrected chi connectivity index (χ1v) is 9.60. The molecule has 30 heavy (non-hydrogen) atoms. The number of halogens is 3. The zero-order valence-electron chi connectivity index (χ0n) is 16.5. The molecule has 0 radical (unpaired) electrons. The highest BCUT2D eigenvalue weighted by atomic mass is 19.4. The second-order valence-corrected chi connectivity index (χ2v) is 7.15. The third kappa shape index (κ3) is 5.59. The van der Waals surface area contributed by atoms with Crippen LogP contribution in [0.3, 0.4) is 0 Å². The molecule has 3 rings (SSSR count). The molecule has 0 spiro atoms. The fraction of sp³-hybridized carbons (Fsp3) is 0.450. The van der Waals surface area contributed by atoms with Crippen LogP contribution >= 0.6 is 0 Å². The number of nitrogens with one attached hydrogen (secondary N) is 1. The van der Waals surface area contributed by atoms with Crippen LogP contribution in [0.15, 0.2) is 30.5 Å². The minimum Gasteiger partial charge on any atom is -0.367 e. The van der Waals surface area contributed by atoms with Gasteiger partial charge in [0.25, 0.3) is 11.8 Å². The van der Waals surface area contributed by atoms with Crippen LogP contribution in [0.5, 0.6) is 0 Å². The SMILES string of the molecule is Cn1ncc(NC(=O)c2cccc(COCC(F)(F)F)c2)c1C(=O)N1CCCCC1. The van der Waals surface area contributed by atoms with E-state index in [1.54, 1.807) is 24.1 Å². The average Bonchev–Trinajstić information content (AvgIpc) is 3.07. The molecule has 1 aromatic carbocycles. The van der Waals surface area contributed by atoms with Crippen molar-refractivity contribution in [1.29, 1.82) is 0 Å². The highest BCUT2D eigenvalue weighted by Gasteiger charge is 2.27. The van der Waals surface area contributed by atoms with E-state index in [0.29, 0.717) is 18.7 Å². The Morgan fingerprint density at radius 1 is 1.20 bits per heavy atom. The number of hydrogen-bond donors (Lipinski definition) is 1. The third-order valence-corrected chi connectivity index (χ3v) is 4.76. The number of hydrogen-bond acceptors (Lipinski definition) is 4. The van der Waals surface area contributed by atoms with Crippen LogP contribution in [-0.4, -0.2) is 52.4 Å². The second-order valence-electron chi connectivity index (χ2n) is 7.15. The van der Waals surface area contributed by atoms with Crippen molar-refractivity contribution in [2.24, 2.45) is 7.05 Å². The smallest absolute Gasteiger partial charge is 0.367 e. The Hall–Kier alpha value is -2.88. The molecule has 0 atom stereocenters. The molecule has 2 amide bonds. The van der Waals surface area contributed by atoms with Crippen molar-refractivity contribution in [3.8, 4) is 0 Å². The van der Waals surface area contributed by atoms with Crippen molar-refractivity contribution in [2.45, 2.75) is 32.0 Å². The van der Waals surface area contributed by atoms with E-state index in [4.69, 9.17) is 0 Å². The lowest BCUT2D eigenvalue weighted by Gasteiger charge is -2.27. The second kappa shape index (κ2) is 9.29. The quantitative estimate of drug-likeness (QED) is 0.772. The van der Waals surface area contributed by atoms with Gasteiger partial charge in [0.2, 0.25) is 0 Å². The Labute approximate surface area is 171 Å². The summed E-state index contributed by atoms with van der Waals surface area (Å²) in [5.41, 5.74) is 1.25. The lowest BCUT2D eigenvalue weighted by atomic mass is 10.1. The molecule has 0 saturated carbocycles. The van der Waals surface area contributed by atoms with Crippen LogP contribution in [0.1, 0.15) is 45.7 Å². The van der Waals surface area contributed by atoms with Crippen molar-refractivity contribution in [3.05, 3.63) is 47.3 Å². The van der Waals surface area contributed by atoms with E-state index >= 15 is 0 Å². The van der Waals surface area contributed by atoms with E-state index in [1.165, 1.54) is 23.0 Å². The van der Waals surface area contributed by atoms with Gasteiger partial charge in [0.05, 0.1) is 18.5 Å². The molecule has 0 aliphatic carbocycles. The normalized spacial score (nSPS) is 14.6. The maximum absolute atomic E-state index is 12.9. The maximum atomic E-state index is 12.9. The van der Waals surface area contributed by atoms with Gasteiger partial charge in [-0.25, -0.2) is 0 Å². The Morgan fingerprint density at radius 3 is 2.63 bits per heavy atom. The highest BCUT2D eigenvalue weighted by molar-refractivity contribution is 6.08. The number of aryl methyl sites for hydroxylation is 1. The number of likely N-dealkylation sites (tertiary alicyclic amines) is 1. The summed E-state index contributed by atoms with van der Waals surface area (Å²) < 4.78 is 42.7. The summed E-state index contributed by atoms with van der Waals surface area (Å²) in [6, 6.07) is 6.12. The zero-order valence-corrected chi connectivity index (χ0v) is 16.5. The first-order valence-electron chi connectivity index (χ1n) is 9.60. The Morgan fingerprint density at radius 2 is 1.93 bits per heavy atom. The zero-order chi connectivity index (χ0) is 21.7. The number of alkyl halides is 3. The summed E-state index contributed by atoms with van der Waals surface area (Å²) in [5, 5.41) is 6.77. The third-order valence-electron chi connectivity index (χ3n) is 4.76. The molecule has 0 bridgehead atoms. The number of aromatic nitrogens is 2. The lowest BCUT2D eigenvalue weighted by Crippen LogP contribution is -2.37. The van der Waals surface area contributed by atoms with Gasteiger partial charge < -0.3 is 15.0 Å². The van der Waals surface area contributed by atoms with Gasteiger partial charge in [-0.05, 0) is 37.0 Å². The van der Waals surface area contributed by atoms with Crippen LogP contribution < -0.4 is 5.32 Å². The molecule has 2 heterocycles. The van der Waals surface area contributed by atoms with Crippen LogP contribution in [0.4, 0.5) is 18.9 Å². The summed E-state index contributed by atoms with van der Waals surface area (Å²) in [7, 11) is 1.63. The monoisotopic (exact) mass is 424 g/mol. The number of anilines is 1. The number of amides is 2. The van der Waals surface area contributed by atoms with Gasteiger partial charge in [0.1, 0.15) is 12.3 Å². The number of nitrogens with zero attached hydrogens (tertiary/aromatic N) is 3. The molecule has 10 heteroatoms. The number of carbonyl (C=O) groups excluding carboxylic acids is 2. The molecule has 1 fully saturated rings. The molecule has 1 saturated heterocycles. The van der Waals surface area contributed by atoms with Gasteiger partial charge in [-0.2, -0.15) is 18.3 Å². The van der Waals surface area contributed by atoms with E-state index in [1.807, 2.05) is 0 Å². The maximum Gasteiger partial charge on any atom is 0.411 e. The topological polar surface area (TPSA) is 76.5 Å². The average molecular weight is 424 g/mol. The summed E-state index contributed by atoms with van der Waals surface area (Å²) in [4.78, 5) is 27.3. The largest absolute Gasteiger partial charge is 0.411 e. The van der Waals surface area contributed by atoms with Crippen molar-refractivity contribution < 1.29 is 27.5 Å². The Balaban J connectivity index is 1.69. The fourth-order valence-corrected chi connectivity index (χ4v) is 3.31. The number of carbonyl (C=O) groups is 2. The molecule has 1 aromatic heterocycles. The molecule has 1 aliphatic heterocycles. The molecule has 7 nitrogen and oxygen atoms in total. The van der Waals surface area contributed by atoms with Gasteiger partial charge in [-0.15, -0.1) is 0 Å². The van der Waals surface area contributed by atoms with E-state index < -0.39 is 18.7 Å². The number of benzene rings is 1. The predicted octanol–water partition coefficient (Wildman–Crippen LogP) is 3.38. The standard InChI is InChI=1S/C20H23F3N4O3/c1-26-17(19(29)27-8-3-2-4-9-27)16(11-24-26)25-18(28)15-7-5-6-14(10-15)12-30-13-20(21,22)23/h5-7,10-11H,2-4,8-9,12-13H2,1H3,(H,25,28). The molecule has 0 unspecified atom stereocenters. The summed E-state index contributed by atoms with van der Waals surface area (Å²) >= 11 is 0. The van der Waals surface area contributed by atoms with Gasteiger partial charge >= 0.3 is 6.18 Å². The van der Waals surface area contributed by atoms with E-state index in [0.717, 1.165) is 19.3 Å². The highest BCUT2D eigenvalue weighted by Crippen LogP contribution is 2.21. The number of piperidine rings is 1. The molecule has 1 aliphatic rings. The summed E-state index contributed by atoms with van der Waals surface area (Å²) in [6.45, 7) is -0.304. The Bertz CT molecular complexity index is 905. The number of rotatable bonds is 6. The van der Waals surface area contributed by atoms with E-state index in [-0.39, 0.29) is 29.5 Å². The number of ether oxygens (including phenoxy) is 1. The first kappa shape index (κ1) is 21.8. The Kier molecular flexibility index (Phi) is 6.76. The van der Waals surface area contributed by atoms with Crippen molar-refractivity contribution in [3.63, 3.8) is 0 Å².